The fourth-order valence-corrected chi connectivity index (χ4v) is 5.64. The van der Waals surface area contributed by atoms with Crippen LogP contribution in [-0.4, -0.2) is 64.2 Å². The summed E-state index contributed by atoms with van der Waals surface area (Å²) in [5.41, 5.74) is 10.1. The third kappa shape index (κ3) is 4.36. The summed E-state index contributed by atoms with van der Waals surface area (Å²) in [6.07, 6.45) is 6.12. The summed E-state index contributed by atoms with van der Waals surface area (Å²) in [6, 6.07) is 9.02. The number of nitrogens with two attached hydrogens (primary N) is 1. The molecule has 0 bridgehead atoms. The Bertz CT molecular complexity index is 1450. The van der Waals surface area contributed by atoms with Crippen LogP contribution in [-0.2, 0) is 6.54 Å². The van der Waals surface area contributed by atoms with Crippen LogP contribution in [0.15, 0.2) is 36.7 Å². The third-order valence-electron chi connectivity index (χ3n) is 7.68. The molecule has 2 N–H and O–H groups in total. The summed E-state index contributed by atoms with van der Waals surface area (Å²) in [5.74, 6) is 2.63. The largest absolute Gasteiger partial charge is 0.491 e. The average molecular weight is 516 g/mol. The number of anilines is 1. The maximum atomic E-state index is 6.23. The summed E-state index contributed by atoms with van der Waals surface area (Å²) in [6.45, 7) is 14.4. The second kappa shape index (κ2) is 9.27. The molecule has 4 aromatic rings. The molecule has 38 heavy (non-hydrogen) atoms. The van der Waals surface area contributed by atoms with E-state index in [2.05, 4.69) is 83.1 Å². The molecule has 1 aromatic carbocycles. The van der Waals surface area contributed by atoms with Gasteiger partial charge in [0.25, 0.3) is 0 Å². The molecule has 0 atom stereocenters. The van der Waals surface area contributed by atoms with Crippen LogP contribution in [0.2, 0.25) is 0 Å². The van der Waals surface area contributed by atoms with Gasteiger partial charge >= 0.3 is 0 Å². The molecular weight excluding hydrogens is 478 g/mol. The number of fused-ring (bicyclic) bond motifs is 3. The van der Waals surface area contributed by atoms with E-state index in [1.54, 1.807) is 0 Å². The number of likely N-dealkylation sites (tertiary alicyclic amines) is 1. The van der Waals surface area contributed by atoms with Gasteiger partial charge in [0.05, 0.1) is 23.8 Å². The van der Waals surface area contributed by atoms with Crippen molar-refractivity contribution in [2.45, 2.75) is 71.6 Å². The van der Waals surface area contributed by atoms with E-state index in [9.17, 15) is 0 Å². The van der Waals surface area contributed by atoms with Crippen LogP contribution in [0.1, 0.15) is 59.5 Å². The van der Waals surface area contributed by atoms with E-state index in [0.29, 0.717) is 25.0 Å². The van der Waals surface area contributed by atoms with Gasteiger partial charge in [-0.3, -0.25) is 9.58 Å². The van der Waals surface area contributed by atoms with Gasteiger partial charge in [-0.25, -0.2) is 9.67 Å². The van der Waals surface area contributed by atoms with E-state index >= 15 is 0 Å². The molecular formula is C28H37N9O. The topological polar surface area (TPSA) is 105 Å². The maximum Gasteiger partial charge on any atom is 0.240 e. The maximum absolute atomic E-state index is 6.23. The van der Waals surface area contributed by atoms with Crippen molar-refractivity contribution in [3.05, 3.63) is 36.7 Å². The van der Waals surface area contributed by atoms with E-state index < -0.39 is 0 Å². The highest BCUT2D eigenvalue weighted by Gasteiger charge is 2.29. The lowest BCUT2D eigenvalue weighted by Gasteiger charge is -2.41. The molecule has 6 rings (SSSR count). The minimum Gasteiger partial charge on any atom is -0.491 e. The molecule has 10 heteroatoms. The normalized spacial score (nSPS) is 16.8. The van der Waals surface area contributed by atoms with Crippen molar-refractivity contribution >= 4 is 5.95 Å². The molecule has 5 heterocycles. The van der Waals surface area contributed by atoms with Gasteiger partial charge in [-0.1, -0.05) is 6.07 Å². The second-order valence-electron chi connectivity index (χ2n) is 11.6. The lowest BCUT2D eigenvalue weighted by Crippen LogP contribution is -2.46. The summed E-state index contributed by atoms with van der Waals surface area (Å²) >= 11 is 0. The molecule has 10 nitrogen and oxygen atoms in total. The van der Waals surface area contributed by atoms with Crippen molar-refractivity contribution in [3.8, 4) is 39.9 Å². The zero-order chi connectivity index (χ0) is 26.6. The Morgan fingerprint density at radius 2 is 1.82 bits per heavy atom. The van der Waals surface area contributed by atoms with E-state index in [0.717, 1.165) is 60.0 Å². The highest BCUT2D eigenvalue weighted by atomic mass is 16.5. The molecule has 0 radical (unpaired) electrons. The van der Waals surface area contributed by atoms with Crippen LogP contribution >= 0.6 is 0 Å². The number of hydrogen-bond donors (Lipinski definition) is 1. The fraction of sp³-hybridized carbons (Fsp3) is 0.500. The first-order valence-electron chi connectivity index (χ1n) is 13.5. The first kappa shape index (κ1) is 24.7. The molecule has 1 saturated heterocycles. The zero-order valence-corrected chi connectivity index (χ0v) is 22.9. The van der Waals surface area contributed by atoms with Crippen molar-refractivity contribution in [2.75, 3.05) is 25.4 Å². The van der Waals surface area contributed by atoms with Crippen molar-refractivity contribution in [3.63, 3.8) is 0 Å². The van der Waals surface area contributed by atoms with Crippen LogP contribution in [0.3, 0.4) is 0 Å². The van der Waals surface area contributed by atoms with Crippen LogP contribution in [0.25, 0.3) is 34.2 Å². The van der Waals surface area contributed by atoms with Gasteiger partial charge in [-0.05, 0) is 65.7 Å². The Morgan fingerprint density at radius 1 is 1.03 bits per heavy atom. The SMILES string of the molecule is CC(C)n1nc(N)nc1-c1cn2c(n1)-c1ccc(-c3ccnn3C3CCN(C(C)(C)C)CC3)cc1OCC2. The van der Waals surface area contributed by atoms with Gasteiger partial charge in [0.15, 0.2) is 5.82 Å². The van der Waals surface area contributed by atoms with Gasteiger partial charge in [-0.15, -0.1) is 5.10 Å². The number of rotatable bonds is 4. The zero-order valence-electron chi connectivity index (χ0n) is 22.9. The predicted octanol–water partition coefficient (Wildman–Crippen LogP) is 4.66. The first-order chi connectivity index (χ1) is 18.2. The Labute approximate surface area is 223 Å². The highest BCUT2D eigenvalue weighted by Crippen LogP contribution is 2.38. The molecule has 200 valence electrons. The monoisotopic (exact) mass is 515 g/mol. The number of piperidine rings is 1. The lowest BCUT2D eigenvalue weighted by atomic mass is 9.97. The molecule has 2 aliphatic heterocycles. The van der Waals surface area contributed by atoms with Gasteiger partial charge < -0.3 is 15.0 Å². The second-order valence-corrected chi connectivity index (χ2v) is 11.6. The third-order valence-corrected chi connectivity index (χ3v) is 7.68. The fourth-order valence-electron chi connectivity index (χ4n) is 5.64. The summed E-state index contributed by atoms with van der Waals surface area (Å²) in [4.78, 5) is 12.0. The Hall–Kier alpha value is -3.66. The molecule has 3 aromatic heterocycles. The van der Waals surface area contributed by atoms with Gasteiger partial charge in [-0.2, -0.15) is 10.1 Å². The van der Waals surface area contributed by atoms with Crippen LogP contribution < -0.4 is 10.5 Å². The number of nitrogen functional groups attached to an aromatic ring is 1. The Balaban J connectivity index is 1.31. The summed E-state index contributed by atoms with van der Waals surface area (Å²) in [5, 5.41) is 9.10. The number of benzene rings is 1. The lowest BCUT2D eigenvalue weighted by molar-refractivity contribution is 0.0874. The van der Waals surface area contributed by atoms with Crippen LogP contribution in [0.4, 0.5) is 5.95 Å². The smallest absolute Gasteiger partial charge is 0.240 e. The van der Waals surface area contributed by atoms with E-state index in [4.69, 9.17) is 20.6 Å². The number of nitrogens with zero attached hydrogens (tertiary/aromatic N) is 8. The van der Waals surface area contributed by atoms with Gasteiger partial charge in [0.1, 0.15) is 23.9 Å². The van der Waals surface area contributed by atoms with Crippen molar-refractivity contribution in [1.82, 2.24) is 39.0 Å². The van der Waals surface area contributed by atoms with Gasteiger partial charge in [0.2, 0.25) is 5.95 Å². The molecule has 2 aliphatic rings. The van der Waals surface area contributed by atoms with E-state index in [-0.39, 0.29) is 17.5 Å². The molecule has 1 fully saturated rings. The quantitative estimate of drug-likeness (QED) is 0.421. The Morgan fingerprint density at radius 3 is 2.55 bits per heavy atom. The van der Waals surface area contributed by atoms with Crippen molar-refractivity contribution in [2.24, 2.45) is 0 Å². The number of aromatic nitrogens is 7. The van der Waals surface area contributed by atoms with Gasteiger partial charge in [0, 0.05) is 42.6 Å². The molecule has 0 unspecified atom stereocenters. The van der Waals surface area contributed by atoms with Crippen molar-refractivity contribution < 1.29 is 4.74 Å². The van der Waals surface area contributed by atoms with E-state index in [1.165, 1.54) is 0 Å². The molecule has 0 amide bonds. The summed E-state index contributed by atoms with van der Waals surface area (Å²) in [7, 11) is 0. The number of imidazole rings is 1. The number of ether oxygens (including phenoxy) is 1. The summed E-state index contributed by atoms with van der Waals surface area (Å²) < 4.78 is 12.4. The van der Waals surface area contributed by atoms with Crippen molar-refractivity contribution in [1.29, 1.82) is 0 Å². The minimum atomic E-state index is 0.125. The average Bonchev–Trinajstić information content (AvgIpc) is 3.60. The molecule has 0 spiro atoms. The highest BCUT2D eigenvalue weighted by molar-refractivity contribution is 5.74. The number of hydrogen-bond acceptors (Lipinski definition) is 7. The van der Waals surface area contributed by atoms with Crippen LogP contribution in [0.5, 0.6) is 5.75 Å². The van der Waals surface area contributed by atoms with E-state index in [1.807, 2.05) is 17.1 Å². The predicted molar refractivity (Wildman–Crippen MR) is 148 cm³/mol. The molecule has 0 saturated carbocycles. The van der Waals surface area contributed by atoms with Crippen LogP contribution in [0, 0.1) is 0 Å². The first-order valence-corrected chi connectivity index (χ1v) is 13.5. The standard InChI is InChI=1S/C28H37N9O/c1-18(2)36-26(32-27(29)33-36)22-17-34-14-15-38-24-16-19(6-7-21(24)25(34)31-22)23-8-11-30-37(23)20-9-12-35(13-10-20)28(3,4)5/h6-8,11,16-18,20H,9-10,12-15H2,1-5H3,(H2,29,33). The molecule has 0 aliphatic carbocycles. The minimum absolute atomic E-state index is 0.125. The Kier molecular flexibility index (Phi) is 6.02.